The minimum absolute atomic E-state index is 0.165. The van der Waals surface area contributed by atoms with Crippen LogP contribution < -0.4 is 11.1 Å². The van der Waals surface area contributed by atoms with Gasteiger partial charge in [0.25, 0.3) is 5.91 Å². The summed E-state index contributed by atoms with van der Waals surface area (Å²) in [6.07, 6.45) is 5.36. The van der Waals surface area contributed by atoms with E-state index in [-0.39, 0.29) is 23.2 Å². The molecule has 0 aliphatic heterocycles. The minimum atomic E-state index is -0.348. The molecule has 0 saturated heterocycles. The summed E-state index contributed by atoms with van der Waals surface area (Å²) in [5, 5.41) is 2.57. The Morgan fingerprint density at radius 2 is 1.77 bits per heavy atom. The lowest BCUT2D eigenvalue weighted by Gasteiger charge is -2.14. The van der Waals surface area contributed by atoms with Crippen LogP contribution in [0.3, 0.4) is 0 Å². The van der Waals surface area contributed by atoms with Crippen LogP contribution in [0.15, 0.2) is 55.0 Å². The SMILES string of the molecule is CNC(=O)c1cn2c(-c3ccc4ncc(C)n4c3)c(-c3ccc(F)cc3)nc(N)c2n1. The number of imidazole rings is 2. The van der Waals surface area contributed by atoms with Gasteiger partial charge in [0.2, 0.25) is 0 Å². The largest absolute Gasteiger partial charge is 0.381 e. The molecule has 1 aromatic carbocycles. The molecule has 0 saturated carbocycles. The second-order valence-corrected chi connectivity index (χ2v) is 7.15. The van der Waals surface area contributed by atoms with Gasteiger partial charge in [0.15, 0.2) is 11.5 Å². The lowest BCUT2D eigenvalue weighted by Crippen LogP contribution is -2.17. The van der Waals surface area contributed by atoms with E-state index in [1.807, 2.05) is 29.7 Å². The first kappa shape index (κ1) is 18.7. The Hall–Kier alpha value is -4.27. The predicted octanol–water partition coefficient (Wildman–Crippen LogP) is 3.10. The molecular formula is C22H18FN7O. The summed E-state index contributed by atoms with van der Waals surface area (Å²) in [5.41, 5.74) is 11.3. The van der Waals surface area contributed by atoms with E-state index in [0.29, 0.717) is 22.6 Å². The summed E-state index contributed by atoms with van der Waals surface area (Å²) in [4.78, 5) is 25.5. The number of fused-ring (bicyclic) bond motifs is 2. The summed E-state index contributed by atoms with van der Waals surface area (Å²) >= 11 is 0. The first-order chi connectivity index (χ1) is 15.0. The van der Waals surface area contributed by atoms with Crippen LogP contribution in [0.25, 0.3) is 33.8 Å². The highest BCUT2D eigenvalue weighted by Crippen LogP contribution is 2.34. The van der Waals surface area contributed by atoms with E-state index in [9.17, 15) is 9.18 Å². The number of benzene rings is 1. The van der Waals surface area contributed by atoms with Crippen LogP contribution in [0.1, 0.15) is 16.2 Å². The molecule has 0 unspecified atom stereocenters. The maximum atomic E-state index is 13.6. The highest BCUT2D eigenvalue weighted by molar-refractivity contribution is 5.94. The summed E-state index contributed by atoms with van der Waals surface area (Å²) < 4.78 is 17.3. The Kier molecular flexibility index (Phi) is 4.18. The molecule has 154 valence electrons. The standard InChI is InChI=1S/C22H18FN7O/c1-12-9-26-17-8-5-14(10-29(12)17)19-18(13-3-6-15(23)7-4-13)28-20(24)21-27-16(11-30(19)21)22(31)25-2/h3-11H,1-2H3,(H2,24,28)(H,25,31). The fourth-order valence-electron chi connectivity index (χ4n) is 3.63. The number of carbonyl (C=O) groups excluding carboxylic acids is 1. The third-order valence-corrected chi connectivity index (χ3v) is 5.17. The van der Waals surface area contributed by atoms with Gasteiger partial charge in [-0.2, -0.15) is 0 Å². The number of pyridine rings is 1. The maximum absolute atomic E-state index is 13.6. The smallest absolute Gasteiger partial charge is 0.271 e. The molecule has 31 heavy (non-hydrogen) atoms. The third-order valence-electron chi connectivity index (χ3n) is 5.17. The summed E-state index contributed by atoms with van der Waals surface area (Å²) in [6, 6.07) is 9.84. The molecule has 4 heterocycles. The number of halogens is 1. The van der Waals surface area contributed by atoms with E-state index in [1.54, 1.807) is 28.9 Å². The lowest BCUT2D eigenvalue weighted by atomic mass is 10.0. The zero-order valence-electron chi connectivity index (χ0n) is 16.8. The van der Waals surface area contributed by atoms with Crippen molar-refractivity contribution in [2.75, 3.05) is 12.8 Å². The number of hydrogen-bond donors (Lipinski definition) is 2. The molecule has 8 nitrogen and oxygen atoms in total. The Balaban J connectivity index is 1.87. The van der Waals surface area contributed by atoms with Gasteiger partial charge in [-0.15, -0.1) is 0 Å². The van der Waals surface area contributed by atoms with Gasteiger partial charge in [-0.05, 0) is 43.3 Å². The number of aryl methyl sites for hydroxylation is 1. The van der Waals surface area contributed by atoms with Crippen molar-refractivity contribution in [2.24, 2.45) is 0 Å². The molecule has 0 fully saturated rings. The van der Waals surface area contributed by atoms with Crippen LogP contribution in [-0.2, 0) is 0 Å². The number of anilines is 1. The first-order valence-corrected chi connectivity index (χ1v) is 9.57. The van der Waals surface area contributed by atoms with Crippen LogP contribution in [-0.4, -0.2) is 36.7 Å². The number of nitrogen functional groups attached to an aromatic ring is 1. The monoisotopic (exact) mass is 415 g/mol. The van der Waals surface area contributed by atoms with Crippen molar-refractivity contribution < 1.29 is 9.18 Å². The minimum Gasteiger partial charge on any atom is -0.381 e. The molecule has 0 radical (unpaired) electrons. The number of nitrogens with two attached hydrogens (primary N) is 1. The van der Waals surface area contributed by atoms with Crippen molar-refractivity contribution in [1.29, 1.82) is 0 Å². The topological polar surface area (TPSA) is 103 Å². The second kappa shape index (κ2) is 6.91. The number of nitrogens with one attached hydrogen (secondary N) is 1. The maximum Gasteiger partial charge on any atom is 0.271 e. The van der Waals surface area contributed by atoms with Gasteiger partial charge in [-0.3, -0.25) is 9.20 Å². The van der Waals surface area contributed by atoms with Crippen LogP contribution in [0, 0.1) is 12.7 Å². The van der Waals surface area contributed by atoms with Crippen molar-refractivity contribution in [3.8, 4) is 22.5 Å². The lowest BCUT2D eigenvalue weighted by molar-refractivity contribution is 0.0959. The Labute approximate surface area is 176 Å². The van der Waals surface area contributed by atoms with Crippen molar-refractivity contribution in [3.05, 3.63) is 72.2 Å². The molecule has 3 N–H and O–H groups in total. The number of nitrogens with zero attached hydrogens (tertiary/aromatic N) is 5. The Bertz CT molecular complexity index is 1470. The molecule has 0 bridgehead atoms. The molecule has 0 atom stereocenters. The molecule has 5 aromatic rings. The molecular weight excluding hydrogens is 397 g/mol. The first-order valence-electron chi connectivity index (χ1n) is 9.57. The number of amides is 1. The van der Waals surface area contributed by atoms with Crippen LogP contribution in [0.5, 0.6) is 0 Å². The second-order valence-electron chi connectivity index (χ2n) is 7.15. The van der Waals surface area contributed by atoms with E-state index < -0.39 is 0 Å². The van der Waals surface area contributed by atoms with E-state index >= 15 is 0 Å². The number of carbonyl (C=O) groups is 1. The number of aromatic nitrogens is 5. The fraction of sp³-hybridized carbons (Fsp3) is 0.0909. The zero-order chi connectivity index (χ0) is 21.7. The van der Waals surface area contributed by atoms with E-state index in [4.69, 9.17) is 5.73 Å². The molecule has 1 amide bonds. The van der Waals surface area contributed by atoms with E-state index in [2.05, 4.69) is 20.3 Å². The molecule has 0 aliphatic carbocycles. The van der Waals surface area contributed by atoms with E-state index in [1.165, 1.54) is 19.2 Å². The summed E-state index contributed by atoms with van der Waals surface area (Å²) in [5.74, 6) is -0.518. The quantitative estimate of drug-likeness (QED) is 0.471. The fourth-order valence-corrected chi connectivity index (χ4v) is 3.63. The van der Waals surface area contributed by atoms with E-state index in [0.717, 1.165) is 16.9 Å². The van der Waals surface area contributed by atoms with Crippen LogP contribution >= 0.6 is 0 Å². The van der Waals surface area contributed by atoms with Gasteiger partial charge < -0.3 is 15.5 Å². The van der Waals surface area contributed by atoms with Crippen molar-refractivity contribution in [1.82, 2.24) is 29.1 Å². The summed E-state index contributed by atoms with van der Waals surface area (Å²) in [7, 11) is 1.54. The van der Waals surface area contributed by atoms with Gasteiger partial charge in [-0.25, -0.2) is 19.3 Å². The third kappa shape index (κ3) is 2.98. The molecule has 5 rings (SSSR count). The van der Waals surface area contributed by atoms with Crippen LogP contribution in [0.2, 0.25) is 0 Å². The average Bonchev–Trinajstić information content (AvgIpc) is 3.38. The summed E-state index contributed by atoms with van der Waals surface area (Å²) in [6.45, 7) is 1.96. The van der Waals surface area contributed by atoms with Crippen molar-refractivity contribution in [2.45, 2.75) is 6.92 Å². The molecule has 9 heteroatoms. The molecule has 0 spiro atoms. The van der Waals surface area contributed by atoms with Gasteiger partial charge >= 0.3 is 0 Å². The van der Waals surface area contributed by atoms with Crippen LogP contribution in [0.4, 0.5) is 10.2 Å². The highest BCUT2D eigenvalue weighted by atomic mass is 19.1. The predicted molar refractivity (Wildman–Crippen MR) is 115 cm³/mol. The molecule has 0 aliphatic rings. The normalized spacial score (nSPS) is 11.3. The zero-order valence-corrected chi connectivity index (χ0v) is 16.8. The Morgan fingerprint density at radius 3 is 2.52 bits per heavy atom. The number of rotatable bonds is 3. The number of hydrogen-bond acceptors (Lipinski definition) is 5. The average molecular weight is 415 g/mol. The highest BCUT2D eigenvalue weighted by Gasteiger charge is 2.21. The van der Waals surface area contributed by atoms with Gasteiger partial charge in [-0.1, -0.05) is 0 Å². The van der Waals surface area contributed by atoms with Gasteiger partial charge in [0.05, 0.1) is 11.4 Å². The Morgan fingerprint density at radius 1 is 1.03 bits per heavy atom. The van der Waals surface area contributed by atoms with Gasteiger partial charge in [0, 0.05) is 42.5 Å². The van der Waals surface area contributed by atoms with Gasteiger partial charge in [0.1, 0.15) is 17.2 Å². The van der Waals surface area contributed by atoms with Crippen molar-refractivity contribution in [3.63, 3.8) is 0 Å². The van der Waals surface area contributed by atoms with Crippen molar-refractivity contribution >= 4 is 23.0 Å². The molecule has 4 aromatic heterocycles.